The van der Waals surface area contributed by atoms with E-state index >= 15 is 0 Å². The van der Waals surface area contributed by atoms with Crippen molar-refractivity contribution in [3.63, 3.8) is 0 Å². The van der Waals surface area contributed by atoms with Crippen molar-refractivity contribution in [2.45, 2.75) is 19.5 Å². The number of aromatic amines is 1. The SMILES string of the molecule is NC=C(C=NCc1ccc(C(=O)NCc2ncc[nH]2)cc1)Cc1cc(N)nc(NN)c1N. The number of carbonyl (C=O) groups is 1. The number of allylic oxidation sites excluding steroid dienone is 1. The molecule has 0 radical (unpaired) electrons. The molecule has 0 aliphatic carbocycles. The number of H-pyrrole nitrogens is 1. The van der Waals surface area contributed by atoms with Crippen LogP contribution in [0.3, 0.4) is 0 Å². The van der Waals surface area contributed by atoms with Gasteiger partial charge in [-0.3, -0.25) is 9.79 Å². The van der Waals surface area contributed by atoms with E-state index in [1.807, 2.05) is 12.1 Å². The second kappa shape index (κ2) is 10.6. The number of carbonyl (C=O) groups excluding carboxylic acids is 1. The van der Waals surface area contributed by atoms with Gasteiger partial charge in [0.1, 0.15) is 11.6 Å². The van der Waals surface area contributed by atoms with E-state index in [2.05, 4.69) is 30.7 Å². The van der Waals surface area contributed by atoms with Gasteiger partial charge in [0.05, 0.1) is 18.8 Å². The Hall–Kier alpha value is -4.38. The van der Waals surface area contributed by atoms with Crippen molar-refractivity contribution in [3.8, 4) is 0 Å². The highest BCUT2D eigenvalue weighted by molar-refractivity contribution is 5.94. The molecule has 1 aromatic carbocycles. The number of nitrogens with one attached hydrogen (secondary N) is 3. The molecule has 11 nitrogen and oxygen atoms in total. The zero-order valence-electron chi connectivity index (χ0n) is 17.4. The fraction of sp³-hybridized carbons (Fsp3) is 0.143. The Morgan fingerprint density at radius 2 is 2.00 bits per heavy atom. The van der Waals surface area contributed by atoms with Crippen LogP contribution in [0.2, 0.25) is 0 Å². The maximum atomic E-state index is 12.2. The van der Waals surface area contributed by atoms with Crippen LogP contribution >= 0.6 is 0 Å². The molecule has 1 amide bonds. The van der Waals surface area contributed by atoms with Crippen LogP contribution in [0.5, 0.6) is 0 Å². The predicted molar refractivity (Wildman–Crippen MR) is 125 cm³/mol. The van der Waals surface area contributed by atoms with E-state index in [9.17, 15) is 4.79 Å². The molecule has 0 saturated carbocycles. The molecule has 0 spiro atoms. The molecule has 0 unspecified atom stereocenters. The van der Waals surface area contributed by atoms with Gasteiger partial charge in [0.25, 0.3) is 5.91 Å². The van der Waals surface area contributed by atoms with Gasteiger partial charge >= 0.3 is 0 Å². The molecule has 0 atom stereocenters. The number of aliphatic imine (C=N–C) groups is 1. The third kappa shape index (κ3) is 5.83. The summed E-state index contributed by atoms with van der Waals surface area (Å²) in [5.74, 6) is 6.54. The number of imidazole rings is 1. The summed E-state index contributed by atoms with van der Waals surface area (Å²) in [5.41, 5.74) is 23.4. The molecule has 2 heterocycles. The van der Waals surface area contributed by atoms with Gasteiger partial charge in [-0.05, 0) is 41.1 Å². The zero-order valence-corrected chi connectivity index (χ0v) is 17.4. The third-order valence-electron chi connectivity index (χ3n) is 4.63. The molecule has 0 saturated heterocycles. The van der Waals surface area contributed by atoms with Gasteiger partial charge in [0, 0.05) is 30.6 Å². The number of nitrogens with zero attached hydrogens (tertiary/aromatic N) is 3. The Labute approximate surface area is 185 Å². The van der Waals surface area contributed by atoms with Gasteiger partial charge in [0.2, 0.25) is 0 Å². The Morgan fingerprint density at radius 3 is 2.66 bits per heavy atom. The predicted octanol–water partition coefficient (Wildman–Crippen LogP) is 0.841. The first-order chi connectivity index (χ1) is 15.5. The topological polar surface area (TPSA) is 199 Å². The van der Waals surface area contributed by atoms with Crippen molar-refractivity contribution in [3.05, 3.63) is 77.0 Å². The Morgan fingerprint density at radius 1 is 1.22 bits per heavy atom. The first kappa shape index (κ1) is 22.3. The highest BCUT2D eigenvalue weighted by Gasteiger charge is 2.09. The van der Waals surface area contributed by atoms with E-state index in [1.165, 1.54) is 6.20 Å². The molecule has 11 heteroatoms. The number of pyridine rings is 1. The minimum absolute atomic E-state index is 0.176. The Kier molecular flexibility index (Phi) is 7.38. The fourth-order valence-electron chi connectivity index (χ4n) is 2.94. The average molecular weight is 435 g/mol. The fourth-order valence-corrected chi connectivity index (χ4v) is 2.94. The van der Waals surface area contributed by atoms with Crippen LogP contribution in [0.1, 0.15) is 27.3 Å². The van der Waals surface area contributed by atoms with E-state index in [0.717, 1.165) is 16.7 Å². The normalized spacial score (nSPS) is 11.6. The van der Waals surface area contributed by atoms with Gasteiger partial charge in [0.15, 0.2) is 5.82 Å². The highest BCUT2D eigenvalue weighted by Crippen LogP contribution is 2.24. The summed E-state index contributed by atoms with van der Waals surface area (Å²) in [7, 11) is 0. The highest BCUT2D eigenvalue weighted by atomic mass is 16.1. The van der Waals surface area contributed by atoms with Crippen LogP contribution in [0.15, 0.2) is 59.5 Å². The monoisotopic (exact) mass is 434 g/mol. The molecular weight excluding hydrogens is 408 g/mol. The number of rotatable bonds is 9. The number of amides is 1. The van der Waals surface area contributed by atoms with Crippen molar-refractivity contribution in [2.75, 3.05) is 16.9 Å². The summed E-state index contributed by atoms with van der Waals surface area (Å²) >= 11 is 0. The largest absolute Gasteiger partial charge is 0.404 e. The minimum Gasteiger partial charge on any atom is -0.404 e. The van der Waals surface area contributed by atoms with E-state index in [4.69, 9.17) is 23.0 Å². The van der Waals surface area contributed by atoms with Gasteiger partial charge in [-0.1, -0.05) is 12.1 Å². The third-order valence-corrected chi connectivity index (χ3v) is 4.63. The van der Waals surface area contributed by atoms with Crippen LogP contribution in [-0.4, -0.2) is 27.1 Å². The second-order valence-corrected chi connectivity index (χ2v) is 6.92. The lowest BCUT2D eigenvalue weighted by Crippen LogP contribution is -2.23. The number of benzene rings is 1. The number of nitrogens with two attached hydrogens (primary N) is 4. The lowest BCUT2D eigenvalue weighted by Gasteiger charge is -2.11. The van der Waals surface area contributed by atoms with Crippen LogP contribution < -0.4 is 33.8 Å². The van der Waals surface area contributed by atoms with Gasteiger partial charge in [-0.25, -0.2) is 15.8 Å². The standard InChI is InChI=1S/C21H26N10O/c22-9-14(7-16-8-17(23)30-20(31-25)19(16)24)11-26-10-13-1-3-15(4-2-13)21(32)29-12-18-27-5-6-28-18/h1-6,8-9,11H,7,10,12,22,24-25H2,(H,27,28)(H,29,32)(H3,23,30,31). The van der Waals surface area contributed by atoms with E-state index in [1.54, 1.807) is 36.8 Å². The molecule has 2 aromatic heterocycles. The summed E-state index contributed by atoms with van der Waals surface area (Å²) in [6, 6.07) is 8.88. The number of nitrogen functional groups attached to an aromatic ring is 3. The molecule has 0 aliphatic heterocycles. The van der Waals surface area contributed by atoms with Gasteiger partial charge in [-0.2, -0.15) is 0 Å². The number of hydrogen-bond acceptors (Lipinski definition) is 9. The Bertz CT molecular complexity index is 1100. The van der Waals surface area contributed by atoms with E-state index < -0.39 is 0 Å². The zero-order chi connectivity index (χ0) is 22.9. The van der Waals surface area contributed by atoms with E-state index in [0.29, 0.717) is 48.2 Å². The molecule has 0 bridgehead atoms. The summed E-state index contributed by atoms with van der Waals surface area (Å²) in [6.45, 7) is 0.762. The molecule has 11 N–H and O–H groups in total. The lowest BCUT2D eigenvalue weighted by atomic mass is 10.1. The summed E-state index contributed by atoms with van der Waals surface area (Å²) in [6.07, 6.45) is 6.90. The molecule has 3 aromatic rings. The van der Waals surface area contributed by atoms with Crippen molar-refractivity contribution < 1.29 is 4.79 Å². The average Bonchev–Trinajstić information content (AvgIpc) is 3.33. The van der Waals surface area contributed by atoms with Crippen LogP contribution in [0.4, 0.5) is 17.3 Å². The summed E-state index contributed by atoms with van der Waals surface area (Å²) in [4.78, 5) is 27.7. The number of hydrogen-bond donors (Lipinski definition) is 7. The van der Waals surface area contributed by atoms with Crippen molar-refractivity contribution in [2.24, 2.45) is 16.6 Å². The minimum atomic E-state index is -0.176. The molecule has 166 valence electrons. The molecule has 0 aliphatic rings. The number of anilines is 3. The van der Waals surface area contributed by atoms with Crippen molar-refractivity contribution in [1.29, 1.82) is 0 Å². The van der Waals surface area contributed by atoms with E-state index in [-0.39, 0.29) is 5.91 Å². The number of hydrazine groups is 1. The Balaban J connectivity index is 1.56. The van der Waals surface area contributed by atoms with Crippen LogP contribution in [0, 0.1) is 0 Å². The molecular formula is C21H26N10O. The summed E-state index contributed by atoms with van der Waals surface area (Å²) < 4.78 is 0. The maximum absolute atomic E-state index is 12.2. The molecule has 32 heavy (non-hydrogen) atoms. The van der Waals surface area contributed by atoms with Crippen LogP contribution in [-0.2, 0) is 19.5 Å². The first-order valence-corrected chi connectivity index (χ1v) is 9.77. The van der Waals surface area contributed by atoms with Gasteiger partial charge in [-0.15, -0.1) is 0 Å². The quantitative estimate of drug-likeness (QED) is 0.146. The maximum Gasteiger partial charge on any atom is 0.251 e. The molecule has 3 rings (SSSR count). The summed E-state index contributed by atoms with van der Waals surface area (Å²) in [5, 5.41) is 2.81. The molecule has 0 fully saturated rings. The number of aromatic nitrogens is 3. The van der Waals surface area contributed by atoms with Crippen LogP contribution in [0.25, 0.3) is 0 Å². The smallest absolute Gasteiger partial charge is 0.251 e. The first-order valence-electron chi connectivity index (χ1n) is 9.77. The second-order valence-electron chi connectivity index (χ2n) is 6.92. The van der Waals surface area contributed by atoms with Crippen molar-refractivity contribution >= 4 is 29.4 Å². The lowest BCUT2D eigenvalue weighted by molar-refractivity contribution is 0.0950. The van der Waals surface area contributed by atoms with Crippen molar-refractivity contribution in [1.82, 2.24) is 20.3 Å². The van der Waals surface area contributed by atoms with Gasteiger partial charge < -0.3 is 32.9 Å².